The molecule has 0 atom stereocenters. The van der Waals surface area contributed by atoms with E-state index < -0.39 is 17.3 Å². The molecule has 6 heteroatoms. The van der Waals surface area contributed by atoms with Gasteiger partial charge in [0.1, 0.15) is 5.54 Å². The molecule has 0 saturated carbocycles. The third kappa shape index (κ3) is 2.26. The van der Waals surface area contributed by atoms with Crippen LogP contribution in [0.4, 0.5) is 18.9 Å². The van der Waals surface area contributed by atoms with E-state index in [1.165, 1.54) is 6.07 Å². The Bertz CT molecular complexity index is 482. The monoisotopic (exact) mass is 261 g/mol. The Hall–Kier alpha value is -1.17. The first-order valence-corrected chi connectivity index (χ1v) is 5.73. The molecule has 0 amide bonds. The minimum Gasteiger partial charge on any atom is -0.372 e. The lowest BCUT2D eigenvalue weighted by atomic mass is 10.1. The number of carbonyl (C=O) groups excluding carboxylic acids is 1. The quantitative estimate of drug-likeness (QED) is 0.774. The highest BCUT2D eigenvalue weighted by molar-refractivity contribution is 8.14. The molecular formula is C11H10F3NOS. The Morgan fingerprint density at radius 1 is 1.29 bits per heavy atom. The SMILES string of the molecule is CC1(C)Nc2cc(C(F)(F)F)ccc2SC1=O. The minimum absolute atomic E-state index is 0.107. The first-order valence-electron chi connectivity index (χ1n) is 4.92. The van der Waals surface area contributed by atoms with E-state index >= 15 is 0 Å². The Morgan fingerprint density at radius 2 is 1.94 bits per heavy atom. The summed E-state index contributed by atoms with van der Waals surface area (Å²) < 4.78 is 37.6. The molecule has 0 unspecified atom stereocenters. The van der Waals surface area contributed by atoms with E-state index in [1.807, 2.05) is 0 Å². The largest absolute Gasteiger partial charge is 0.416 e. The molecule has 17 heavy (non-hydrogen) atoms. The van der Waals surface area contributed by atoms with Crippen LogP contribution in [0.15, 0.2) is 23.1 Å². The lowest BCUT2D eigenvalue weighted by Crippen LogP contribution is -2.41. The number of nitrogens with one attached hydrogen (secondary N) is 1. The zero-order valence-electron chi connectivity index (χ0n) is 9.18. The van der Waals surface area contributed by atoms with Crippen molar-refractivity contribution in [2.24, 2.45) is 0 Å². The van der Waals surface area contributed by atoms with Crippen LogP contribution in [-0.4, -0.2) is 10.7 Å². The molecular weight excluding hydrogens is 251 g/mol. The zero-order chi connectivity index (χ0) is 12.8. The molecule has 1 aliphatic rings. The summed E-state index contributed by atoms with van der Waals surface area (Å²) in [5, 5.41) is 2.72. The Balaban J connectivity index is 2.45. The summed E-state index contributed by atoms with van der Waals surface area (Å²) in [5.74, 6) is 0. The van der Waals surface area contributed by atoms with Gasteiger partial charge in [-0.05, 0) is 43.8 Å². The third-order valence-corrected chi connectivity index (χ3v) is 3.74. The fraction of sp³-hybridized carbons (Fsp3) is 0.364. The van der Waals surface area contributed by atoms with Gasteiger partial charge in [-0.3, -0.25) is 4.79 Å². The van der Waals surface area contributed by atoms with E-state index in [4.69, 9.17) is 0 Å². The van der Waals surface area contributed by atoms with Crippen molar-refractivity contribution >= 4 is 22.6 Å². The lowest BCUT2D eigenvalue weighted by molar-refractivity contribution is -0.137. The number of thioether (sulfide) groups is 1. The van der Waals surface area contributed by atoms with Crippen LogP contribution in [-0.2, 0) is 11.0 Å². The van der Waals surface area contributed by atoms with Gasteiger partial charge in [-0.15, -0.1) is 0 Å². The second-order valence-electron chi connectivity index (χ2n) is 4.35. The molecule has 1 heterocycles. The zero-order valence-corrected chi connectivity index (χ0v) is 10.00. The van der Waals surface area contributed by atoms with Crippen LogP contribution >= 0.6 is 11.8 Å². The predicted octanol–water partition coefficient (Wildman–Crippen LogP) is 3.53. The Kier molecular flexibility index (Phi) is 2.65. The van der Waals surface area contributed by atoms with Crippen LogP contribution < -0.4 is 5.32 Å². The van der Waals surface area contributed by atoms with E-state index in [2.05, 4.69) is 5.32 Å². The van der Waals surface area contributed by atoms with Crippen molar-refractivity contribution in [3.8, 4) is 0 Å². The topological polar surface area (TPSA) is 29.1 Å². The van der Waals surface area contributed by atoms with E-state index in [9.17, 15) is 18.0 Å². The van der Waals surface area contributed by atoms with Crippen molar-refractivity contribution in [1.82, 2.24) is 0 Å². The smallest absolute Gasteiger partial charge is 0.372 e. The molecule has 1 N–H and O–H groups in total. The summed E-state index contributed by atoms with van der Waals surface area (Å²) >= 11 is 0.969. The van der Waals surface area contributed by atoms with Gasteiger partial charge in [0.15, 0.2) is 0 Å². The highest BCUT2D eigenvalue weighted by Crippen LogP contribution is 2.41. The molecule has 0 bridgehead atoms. The maximum Gasteiger partial charge on any atom is 0.416 e. The summed E-state index contributed by atoms with van der Waals surface area (Å²) in [7, 11) is 0. The number of rotatable bonds is 0. The van der Waals surface area contributed by atoms with Crippen LogP contribution in [0.5, 0.6) is 0 Å². The Labute approximate surface area is 101 Å². The number of hydrogen-bond donors (Lipinski definition) is 1. The average molecular weight is 261 g/mol. The highest BCUT2D eigenvalue weighted by atomic mass is 32.2. The maximum atomic E-state index is 12.5. The average Bonchev–Trinajstić information content (AvgIpc) is 2.17. The van der Waals surface area contributed by atoms with Crippen molar-refractivity contribution in [2.45, 2.75) is 30.5 Å². The minimum atomic E-state index is -4.37. The van der Waals surface area contributed by atoms with Crippen LogP contribution in [0.3, 0.4) is 0 Å². The number of benzene rings is 1. The number of fused-ring (bicyclic) bond motifs is 1. The normalized spacial score (nSPS) is 18.5. The number of anilines is 1. The van der Waals surface area contributed by atoms with Gasteiger partial charge in [0, 0.05) is 10.6 Å². The van der Waals surface area contributed by atoms with Crippen molar-refractivity contribution in [2.75, 3.05) is 5.32 Å². The van der Waals surface area contributed by atoms with E-state index in [1.54, 1.807) is 13.8 Å². The van der Waals surface area contributed by atoms with Gasteiger partial charge >= 0.3 is 6.18 Å². The molecule has 1 aromatic carbocycles. The van der Waals surface area contributed by atoms with Crippen LogP contribution in [0.25, 0.3) is 0 Å². The molecule has 1 aromatic rings. The fourth-order valence-corrected chi connectivity index (χ4v) is 2.37. The molecule has 0 fully saturated rings. The van der Waals surface area contributed by atoms with Gasteiger partial charge in [-0.2, -0.15) is 13.2 Å². The summed E-state index contributed by atoms with van der Waals surface area (Å²) in [6.45, 7) is 3.29. The first kappa shape index (κ1) is 12.3. The Morgan fingerprint density at radius 3 is 2.53 bits per heavy atom. The molecule has 1 aliphatic heterocycles. The first-order chi connectivity index (χ1) is 7.70. The summed E-state index contributed by atoms with van der Waals surface area (Å²) in [6, 6.07) is 3.35. The second kappa shape index (κ2) is 3.66. The predicted molar refractivity (Wildman–Crippen MR) is 60.0 cm³/mol. The van der Waals surface area contributed by atoms with Gasteiger partial charge in [-0.1, -0.05) is 0 Å². The number of carbonyl (C=O) groups is 1. The van der Waals surface area contributed by atoms with Gasteiger partial charge in [0.05, 0.1) is 5.56 Å². The molecule has 0 radical (unpaired) electrons. The highest BCUT2D eigenvalue weighted by Gasteiger charge is 2.36. The van der Waals surface area contributed by atoms with Gasteiger partial charge in [0.2, 0.25) is 5.12 Å². The van der Waals surface area contributed by atoms with Crippen molar-refractivity contribution < 1.29 is 18.0 Å². The molecule has 92 valence electrons. The van der Waals surface area contributed by atoms with Crippen LogP contribution in [0, 0.1) is 0 Å². The molecule has 0 spiro atoms. The number of halogens is 3. The van der Waals surface area contributed by atoms with Gasteiger partial charge in [-0.25, -0.2) is 0 Å². The lowest BCUT2D eigenvalue weighted by Gasteiger charge is -2.31. The molecule has 0 saturated heterocycles. The van der Waals surface area contributed by atoms with E-state index in [0.29, 0.717) is 10.6 Å². The molecule has 2 nitrogen and oxygen atoms in total. The molecule has 2 rings (SSSR count). The second-order valence-corrected chi connectivity index (χ2v) is 5.36. The van der Waals surface area contributed by atoms with Crippen molar-refractivity contribution in [1.29, 1.82) is 0 Å². The summed E-state index contributed by atoms with van der Waals surface area (Å²) in [5.41, 5.74) is -1.20. The van der Waals surface area contributed by atoms with E-state index in [-0.39, 0.29) is 5.12 Å². The van der Waals surface area contributed by atoms with Crippen molar-refractivity contribution in [3.05, 3.63) is 23.8 Å². The number of alkyl halides is 3. The molecule has 0 aromatic heterocycles. The van der Waals surface area contributed by atoms with Crippen LogP contribution in [0.2, 0.25) is 0 Å². The fourth-order valence-electron chi connectivity index (χ4n) is 1.51. The van der Waals surface area contributed by atoms with Crippen molar-refractivity contribution in [3.63, 3.8) is 0 Å². The van der Waals surface area contributed by atoms with E-state index in [0.717, 1.165) is 23.9 Å². The van der Waals surface area contributed by atoms with Crippen LogP contribution in [0.1, 0.15) is 19.4 Å². The summed E-state index contributed by atoms with van der Waals surface area (Å²) in [6.07, 6.45) is -4.37. The molecule has 0 aliphatic carbocycles. The van der Waals surface area contributed by atoms with Gasteiger partial charge in [0.25, 0.3) is 0 Å². The third-order valence-electron chi connectivity index (χ3n) is 2.47. The van der Waals surface area contributed by atoms with Gasteiger partial charge < -0.3 is 5.32 Å². The maximum absolute atomic E-state index is 12.5. The number of hydrogen-bond acceptors (Lipinski definition) is 3. The summed E-state index contributed by atoms with van der Waals surface area (Å²) in [4.78, 5) is 12.2. The standard InChI is InChI=1S/C11H10F3NOS/c1-10(2)9(16)17-8-4-3-6(11(12,13)14)5-7(8)15-10/h3-5,15H,1-2H3.